The van der Waals surface area contributed by atoms with Gasteiger partial charge in [-0.25, -0.2) is 22.8 Å². The lowest BCUT2D eigenvalue weighted by Gasteiger charge is -2.36. The molecule has 1 saturated carbocycles. The molecule has 1 aromatic heterocycles. The van der Waals surface area contributed by atoms with Crippen molar-refractivity contribution < 1.29 is 27.0 Å². The van der Waals surface area contributed by atoms with E-state index in [4.69, 9.17) is 14.2 Å². The lowest BCUT2D eigenvalue weighted by atomic mass is 9.70. The van der Waals surface area contributed by atoms with E-state index in [1.165, 1.54) is 18.5 Å². The molecular formula is C23H29FN2O5S. The summed E-state index contributed by atoms with van der Waals surface area (Å²) in [5.74, 6) is -0.326. The summed E-state index contributed by atoms with van der Waals surface area (Å²) in [5.41, 5.74) is 0.746. The van der Waals surface area contributed by atoms with Crippen LogP contribution in [-0.4, -0.2) is 43.0 Å². The maximum Gasteiger partial charge on any atom is 0.229 e. The van der Waals surface area contributed by atoms with Gasteiger partial charge in [0.15, 0.2) is 21.4 Å². The second-order valence-corrected chi connectivity index (χ2v) is 11.6. The molecule has 1 saturated heterocycles. The van der Waals surface area contributed by atoms with Crippen molar-refractivity contribution in [2.24, 2.45) is 5.41 Å². The zero-order chi connectivity index (χ0) is 23.1. The van der Waals surface area contributed by atoms with E-state index in [0.717, 1.165) is 51.0 Å². The number of halogens is 1. The SMILES string of the molecule is Cc1c(Oc2ccc(S(C)(=O)=O)cc2F)ncnc1OC1CCC2(CC1)COC(C)(C)C2. The van der Waals surface area contributed by atoms with Crippen molar-refractivity contribution in [3.63, 3.8) is 0 Å². The van der Waals surface area contributed by atoms with Gasteiger partial charge in [-0.1, -0.05) is 0 Å². The summed E-state index contributed by atoms with van der Waals surface area (Å²) in [6, 6.07) is 3.51. The highest BCUT2D eigenvalue weighted by Gasteiger charge is 2.46. The van der Waals surface area contributed by atoms with Crippen LogP contribution < -0.4 is 9.47 Å². The average molecular weight is 465 g/mol. The van der Waals surface area contributed by atoms with E-state index < -0.39 is 15.7 Å². The number of hydrogen-bond acceptors (Lipinski definition) is 7. The Morgan fingerprint density at radius 2 is 1.84 bits per heavy atom. The Morgan fingerprint density at radius 1 is 1.16 bits per heavy atom. The van der Waals surface area contributed by atoms with Gasteiger partial charge in [-0.05, 0) is 76.5 Å². The van der Waals surface area contributed by atoms with Gasteiger partial charge in [0.1, 0.15) is 12.4 Å². The molecule has 7 nitrogen and oxygen atoms in total. The van der Waals surface area contributed by atoms with Crippen LogP contribution in [0, 0.1) is 18.2 Å². The number of nitrogens with zero attached hydrogens (tertiary/aromatic N) is 2. The van der Waals surface area contributed by atoms with E-state index in [9.17, 15) is 12.8 Å². The molecule has 1 aliphatic carbocycles. The second-order valence-electron chi connectivity index (χ2n) is 9.62. The fourth-order valence-corrected chi connectivity index (χ4v) is 5.33. The van der Waals surface area contributed by atoms with Crippen LogP contribution in [0.5, 0.6) is 17.5 Å². The van der Waals surface area contributed by atoms with Gasteiger partial charge >= 0.3 is 0 Å². The lowest BCUT2D eigenvalue weighted by molar-refractivity contribution is 0.0227. The van der Waals surface area contributed by atoms with E-state index in [2.05, 4.69) is 23.8 Å². The fourth-order valence-electron chi connectivity index (χ4n) is 4.69. The van der Waals surface area contributed by atoms with E-state index >= 15 is 0 Å². The van der Waals surface area contributed by atoms with E-state index in [1.807, 2.05) is 0 Å². The van der Waals surface area contributed by atoms with Gasteiger partial charge in [-0.2, -0.15) is 0 Å². The van der Waals surface area contributed by atoms with Gasteiger partial charge in [0.05, 0.1) is 22.7 Å². The van der Waals surface area contributed by atoms with Crippen LogP contribution in [-0.2, 0) is 14.6 Å². The van der Waals surface area contributed by atoms with Crippen LogP contribution >= 0.6 is 0 Å². The maximum atomic E-state index is 14.4. The number of rotatable bonds is 5. The molecule has 0 radical (unpaired) electrons. The Morgan fingerprint density at radius 3 is 2.44 bits per heavy atom. The summed E-state index contributed by atoms with van der Waals surface area (Å²) in [7, 11) is -3.51. The number of hydrogen-bond donors (Lipinski definition) is 0. The predicted molar refractivity (Wildman–Crippen MR) is 116 cm³/mol. The average Bonchev–Trinajstić information content (AvgIpc) is 3.01. The minimum Gasteiger partial charge on any atom is -0.474 e. The Hall–Kier alpha value is -2.26. The molecule has 2 aromatic rings. The van der Waals surface area contributed by atoms with Crippen LogP contribution in [0.15, 0.2) is 29.4 Å². The highest BCUT2D eigenvalue weighted by atomic mass is 32.2. The van der Waals surface area contributed by atoms with Gasteiger partial charge in [-0.15, -0.1) is 0 Å². The Bertz CT molecular complexity index is 1110. The minimum absolute atomic E-state index is 0.0385. The molecule has 0 N–H and O–H groups in total. The summed E-state index contributed by atoms with van der Waals surface area (Å²) < 4.78 is 55.4. The van der Waals surface area contributed by atoms with Crippen molar-refractivity contribution in [2.75, 3.05) is 12.9 Å². The molecule has 1 aliphatic heterocycles. The van der Waals surface area contributed by atoms with Crippen LogP contribution in [0.1, 0.15) is 51.5 Å². The monoisotopic (exact) mass is 464 g/mol. The predicted octanol–water partition coefficient (Wildman–Crippen LogP) is 4.63. The van der Waals surface area contributed by atoms with Gasteiger partial charge in [0.25, 0.3) is 0 Å². The first-order chi connectivity index (χ1) is 15.0. The molecule has 4 rings (SSSR count). The molecule has 0 amide bonds. The van der Waals surface area contributed by atoms with Gasteiger partial charge < -0.3 is 14.2 Å². The second kappa shape index (κ2) is 8.26. The van der Waals surface area contributed by atoms with Crippen LogP contribution in [0.4, 0.5) is 4.39 Å². The van der Waals surface area contributed by atoms with Crippen LogP contribution in [0.25, 0.3) is 0 Å². The molecule has 1 spiro atoms. The highest BCUT2D eigenvalue weighted by molar-refractivity contribution is 7.90. The highest BCUT2D eigenvalue weighted by Crippen LogP contribution is 2.49. The summed E-state index contributed by atoms with van der Waals surface area (Å²) in [5, 5.41) is 0. The zero-order valence-electron chi connectivity index (χ0n) is 18.9. The molecule has 0 atom stereocenters. The van der Waals surface area contributed by atoms with Crippen molar-refractivity contribution in [2.45, 2.75) is 69.5 Å². The summed E-state index contributed by atoms with van der Waals surface area (Å²) in [4.78, 5) is 8.23. The Balaban J connectivity index is 1.44. The summed E-state index contributed by atoms with van der Waals surface area (Å²) in [6.45, 7) is 6.85. The minimum atomic E-state index is -3.51. The van der Waals surface area contributed by atoms with Crippen LogP contribution in [0.3, 0.4) is 0 Å². The molecule has 9 heteroatoms. The topological polar surface area (TPSA) is 87.6 Å². The first-order valence-corrected chi connectivity index (χ1v) is 12.7. The smallest absolute Gasteiger partial charge is 0.229 e. The normalized spacial score (nSPS) is 25.1. The third-order valence-corrected chi connectivity index (χ3v) is 7.48. The molecule has 2 heterocycles. The van der Waals surface area contributed by atoms with E-state index in [0.29, 0.717) is 11.4 Å². The number of sulfone groups is 1. The van der Waals surface area contributed by atoms with Crippen LogP contribution in [0.2, 0.25) is 0 Å². The molecule has 0 bridgehead atoms. The molecule has 0 unspecified atom stereocenters. The summed E-state index contributed by atoms with van der Waals surface area (Å²) in [6.07, 6.45) is 7.38. The standard InChI is InChI=1S/C23H29FN2O5S/c1-15-20(30-16-7-9-23(10-8-16)12-22(2,3)29-13-23)25-14-26-21(15)31-19-6-5-17(11-18(19)24)32(4,27)28/h5-6,11,14,16H,7-10,12-13H2,1-4H3. The fraction of sp³-hybridized carbons (Fsp3) is 0.565. The van der Waals surface area contributed by atoms with Gasteiger partial charge in [0, 0.05) is 6.26 Å². The van der Waals surface area contributed by atoms with Crippen molar-refractivity contribution in [1.82, 2.24) is 9.97 Å². The van der Waals surface area contributed by atoms with Gasteiger partial charge in [0.2, 0.25) is 11.8 Å². The number of benzene rings is 1. The summed E-state index contributed by atoms with van der Waals surface area (Å²) >= 11 is 0. The third-order valence-electron chi connectivity index (χ3n) is 6.37. The van der Waals surface area contributed by atoms with Crippen molar-refractivity contribution >= 4 is 9.84 Å². The molecule has 2 fully saturated rings. The Labute approximate surface area is 188 Å². The largest absolute Gasteiger partial charge is 0.474 e. The van der Waals surface area contributed by atoms with Crippen molar-refractivity contribution in [1.29, 1.82) is 0 Å². The zero-order valence-corrected chi connectivity index (χ0v) is 19.7. The van der Waals surface area contributed by atoms with Crippen molar-refractivity contribution in [3.8, 4) is 17.5 Å². The van der Waals surface area contributed by atoms with Crippen molar-refractivity contribution in [3.05, 3.63) is 35.9 Å². The number of aromatic nitrogens is 2. The third kappa shape index (κ3) is 4.88. The first kappa shape index (κ1) is 22.9. The quantitative estimate of drug-likeness (QED) is 0.638. The molecule has 174 valence electrons. The van der Waals surface area contributed by atoms with E-state index in [1.54, 1.807) is 6.92 Å². The lowest BCUT2D eigenvalue weighted by Crippen LogP contribution is -2.33. The molecule has 32 heavy (non-hydrogen) atoms. The first-order valence-electron chi connectivity index (χ1n) is 10.8. The van der Waals surface area contributed by atoms with Gasteiger partial charge in [-0.3, -0.25) is 0 Å². The Kier molecular flexibility index (Phi) is 5.92. The molecular weight excluding hydrogens is 435 g/mol. The number of ether oxygens (including phenoxy) is 3. The molecule has 1 aromatic carbocycles. The van der Waals surface area contributed by atoms with E-state index in [-0.39, 0.29) is 33.6 Å². The maximum absolute atomic E-state index is 14.4. The molecule has 2 aliphatic rings.